The fourth-order valence-corrected chi connectivity index (χ4v) is 2.84. The lowest BCUT2D eigenvalue weighted by molar-refractivity contribution is -0.124. The van der Waals surface area contributed by atoms with Crippen LogP contribution in [-0.2, 0) is 9.53 Å². The summed E-state index contributed by atoms with van der Waals surface area (Å²) < 4.78 is 5.17. The van der Waals surface area contributed by atoms with E-state index in [0.717, 1.165) is 29.0 Å². The molecule has 2 rings (SSSR count). The minimum atomic E-state index is -0.258. The molecule has 2 aromatic rings. The number of H-pyrrole nitrogens is 1. The maximum absolute atomic E-state index is 12.2. The molecule has 6 nitrogen and oxygen atoms in total. The zero-order valence-corrected chi connectivity index (χ0v) is 16.8. The molecular weight excluding hydrogens is 383 g/mol. The number of amides is 1. The van der Waals surface area contributed by atoms with Crippen molar-refractivity contribution in [3.05, 3.63) is 30.1 Å². The number of aromatic nitrogens is 2. The Morgan fingerprint density at radius 1 is 1.40 bits per heavy atom. The smallest absolute Gasteiger partial charge is 0.223 e. The van der Waals surface area contributed by atoms with E-state index in [1.54, 1.807) is 18.9 Å². The van der Waals surface area contributed by atoms with Gasteiger partial charge in [-0.1, -0.05) is 12.1 Å². The number of nitrogens with two attached hydrogens (primary N) is 1. The van der Waals surface area contributed by atoms with E-state index in [1.807, 2.05) is 30.5 Å². The van der Waals surface area contributed by atoms with Gasteiger partial charge in [-0.15, -0.1) is 24.8 Å². The van der Waals surface area contributed by atoms with Crippen molar-refractivity contribution in [3.63, 3.8) is 0 Å². The number of nitrogens with one attached hydrogen (secondary N) is 2. The van der Waals surface area contributed by atoms with E-state index in [-0.39, 0.29) is 49.3 Å². The molecule has 0 fully saturated rings. The van der Waals surface area contributed by atoms with Crippen molar-refractivity contribution < 1.29 is 9.53 Å². The average Bonchev–Trinajstić information content (AvgIpc) is 3.00. The number of halogens is 2. The summed E-state index contributed by atoms with van der Waals surface area (Å²) in [4.78, 5) is 20.1. The summed E-state index contributed by atoms with van der Waals surface area (Å²) in [6, 6.07) is 7.71. The van der Waals surface area contributed by atoms with Crippen molar-refractivity contribution in [3.8, 4) is 0 Å². The molecular formula is C16H26Cl2N4O2S. The van der Waals surface area contributed by atoms with Gasteiger partial charge in [0.15, 0.2) is 0 Å². The third kappa shape index (κ3) is 7.03. The number of aromatic amines is 1. The summed E-state index contributed by atoms with van der Waals surface area (Å²) in [6.45, 7) is 0.323. The van der Waals surface area contributed by atoms with E-state index in [0.29, 0.717) is 6.54 Å². The van der Waals surface area contributed by atoms with E-state index >= 15 is 0 Å². The Balaban J connectivity index is 0.00000288. The fourth-order valence-electron chi connectivity index (χ4n) is 2.37. The summed E-state index contributed by atoms with van der Waals surface area (Å²) in [5.41, 5.74) is 7.46. The third-order valence-corrected chi connectivity index (χ3v) is 4.34. The van der Waals surface area contributed by atoms with Crippen molar-refractivity contribution in [1.82, 2.24) is 15.3 Å². The first kappa shape index (κ1) is 24.0. The number of ether oxygens (including phenoxy) is 1. The molecule has 4 N–H and O–H groups in total. The number of hydrogen-bond acceptors (Lipinski definition) is 5. The molecule has 1 heterocycles. The summed E-state index contributed by atoms with van der Waals surface area (Å²) in [7, 11) is 1.56. The summed E-state index contributed by atoms with van der Waals surface area (Å²) in [5.74, 6) is 1.65. The predicted molar refractivity (Wildman–Crippen MR) is 109 cm³/mol. The monoisotopic (exact) mass is 408 g/mol. The Kier molecular flexibility index (Phi) is 11.9. The van der Waals surface area contributed by atoms with E-state index < -0.39 is 0 Å². The van der Waals surface area contributed by atoms with Crippen LogP contribution in [0.15, 0.2) is 24.3 Å². The third-order valence-electron chi connectivity index (χ3n) is 3.69. The average molecular weight is 409 g/mol. The minimum absolute atomic E-state index is 0. The molecule has 1 aromatic carbocycles. The number of nitrogens with zero attached hydrogens (tertiary/aromatic N) is 1. The van der Waals surface area contributed by atoms with Gasteiger partial charge in [0.25, 0.3) is 0 Å². The molecule has 1 aromatic heterocycles. The summed E-state index contributed by atoms with van der Waals surface area (Å²) >= 11 is 1.74. The molecule has 0 saturated heterocycles. The number of carbonyl (C=O) groups excluding carboxylic acids is 1. The van der Waals surface area contributed by atoms with Gasteiger partial charge in [-0.25, -0.2) is 4.98 Å². The Morgan fingerprint density at radius 2 is 2.12 bits per heavy atom. The maximum Gasteiger partial charge on any atom is 0.223 e. The highest BCUT2D eigenvalue weighted by Gasteiger charge is 2.20. The van der Waals surface area contributed by atoms with Crippen LogP contribution in [0.4, 0.5) is 0 Å². The molecule has 0 aliphatic carbocycles. The minimum Gasteiger partial charge on any atom is -0.380 e. The molecule has 0 saturated carbocycles. The van der Waals surface area contributed by atoms with Gasteiger partial charge in [0.05, 0.1) is 29.6 Å². The number of thioether (sulfide) groups is 1. The lowest BCUT2D eigenvalue weighted by Crippen LogP contribution is -2.35. The Bertz CT molecular complexity index is 604. The zero-order chi connectivity index (χ0) is 16.7. The van der Waals surface area contributed by atoms with Crippen LogP contribution in [0.2, 0.25) is 0 Å². The molecule has 25 heavy (non-hydrogen) atoms. The highest BCUT2D eigenvalue weighted by Crippen LogP contribution is 2.20. The molecule has 9 heteroatoms. The Morgan fingerprint density at radius 3 is 2.72 bits per heavy atom. The first-order valence-corrected chi connectivity index (χ1v) is 9.03. The molecule has 0 aliphatic rings. The van der Waals surface area contributed by atoms with Gasteiger partial charge in [0.1, 0.15) is 5.82 Å². The standard InChI is InChI=1S/C16H24N4O2S.2ClH/c1-22-11(10-17)9-15(21)18-14(7-8-23-2)16-19-12-5-3-4-6-13(12)20-16;;/h3-6,11,14H,7-10,17H2,1-2H3,(H,18,21)(H,19,20);2*1H. The Labute approximate surface area is 164 Å². The first-order chi connectivity index (χ1) is 11.2. The van der Waals surface area contributed by atoms with Crippen molar-refractivity contribution in [2.24, 2.45) is 5.73 Å². The van der Waals surface area contributed by atoms with Gasteiger partial charge in [-0.2, -0.15) is 11.8 Å². The summed E-state index contributed by atoms with van der Waals surface area (Å²) in [6.07, 6.45) is 2.86. The number of rotatable bonds is 9. The molecule has 0 bridgehead atoms. The topological polar surface area (TPSA) is 93.0 Å². The van der Waals surface area contributed by atoms with Crippen LogP contribution >= 0.6 is 36.6 Å². The van der Waals surface area contributed by atoms with Crippen LogP contribution in [0.25, 0.3) is 11.0 Å². The number of carbonyl (C=O) groups is 1. The SMILES string of the molecule is COC(CN)CC(=O)NC(CCSC)c1nc2ccccc2[nH]1.Cl.Cl. The first-order valence-electron chi connectivity index (χ1n) is 7.63. The number of para-hydroxylation sites is 2. The second kappa shape index (κ2) is 12.4. The highest BCUT2D eigenvalue weighted by atomic mass is 35.5. The van der Waals surface area contributed by atoms with Gasteiger partial charge in [-0.05, 0) is 30.6 Å². The van der Waals surface area contributed by atoms with Crippen LogP contribution in [0, 0.1) is 0 Å². The van der Waals surface area contributed by atoms with Gasteiger partial charge < -0.3 is 20.8 Å². The Hall–Kier alpha value is -0.990. The van der Waals surface area contributed by atoms with Crippen molar-refractivity contribution in [2.45, 2.75) is 25.0 Å². The lowest BCUT2D eigenvalue weighted by Gasteiger charge is -2.18. The number of benzene rings is 1. The summed E-state index contributed by atoms with van der Waals surface area (Å²) in [5, 5.41) is 3.05. The normalized spacial score (nSPS) is 12.8. The molecule has 142 valence electrons. The van der Waals surface area contributed by atoms with Crippen LogP contribution in [0.5, 0.6) is 0 Å². The van der Waals surface area contributed by atoms with Crippen molar-refractivity contribution >= 4 is 53.5 Å². The fraction of sp³-hybridized carbons (Fsp3) is 0.500. The highest BCUT2D eigenvalue weighted by molar-refractivity contribution is 7.98. The van der Waals surface area contributed by atoms with Crippen LogP contribution in [0.3, 0.4) is 0 Å². The zero-order valence-electron chi connectivity index (χ0n) is 14.4. The van der Waals surface area contributed by atoms with Crippen molar-refractivity contribution in [1.29, 1.82) is 0 Å². The van der Waals surface area contributed by atoms with E-state index in [4.69, 9.17) is 10.5 Å². The second-order valence-electron chi connectivity index (χ2n) is 5.34. The van der Waals surface area contributed by atoms with E-state index in [2.05, 4.69) is 15.3 Å². The molecule has 1 amide bonds. The van der Waals surface area contributed by atoms with Crippen molar-refractivity contribution in [2.75, 3.05) is 25.7 Å². The number of imidazole rings is 1. The lowest BCUT2D eigenvalue weighted by atomic mass is 10.2. The predicted octanol–water partition coefficient (Wildman–Crippen LogP) is 2.68. The van der Waals surface area contributed by atoms with Crippen LogP contribution in [-0.4, -0.2) is 47.6 Å². The molecule has 0 aliphatic heterocycles. The van der Waals surface area contributed by atoms with Crippen LogP contribution < -0.4 is 11.1 Å². The number of fused-ring (bicyclic) bond motifs is 1. The number of hydrogen-bond donors (Lipinski definition) is 3. The van der Waals surface area contributed by atoms with E-state index in [9.17, 15) is 4.79 Å². The maximum atomic E-state index is 12.2. The van der Waals surface area contributed by atoms with Crippen LogP contribution in [0.1, 0.15) is 24.7 Å². The largest absolute Gasteiger partial charge is 0.380 e. The molecule has 0 radical (unpaired) electrons. The number of methoxy groups -OCH3 is 1. The molecule has 2 atom stereocenters. The van der Waals surface area contributed by atoms with E-state index in [1.165, 1.54) is 0 Å². The molecule has 2 unspecified atom stereocenters. The van der Waals surface area contributed by atoms with Gasteiger partial charge in [-0.3, -0.25) is 4.79 Å². The van der Waals surface area contributed by atoms with Gasteiger partial charge >= 0.3 is 0 Å². The van der Waals surface area contributed by atoms with Gasteiger partial charge in [0, 0.05) is 13.7 Å². The quantitative estimate of drug-likeness (QED) is 0.592. The van der Waals surface area contributed by atoms with Gasteiger partial charge in [0.2, 0.25) is 5.91 Å². The molecule has 0 spiro atoms. The second-order valence-corrected chi connectivity index (χ2v) is 6.32.